The molecule has 1 fully saturated rings. The summed E-state index contributed by atoms with van der Waals surface area (Å²) in [5.74, 6) is 1.38. The van der Waals surface area contributed by atoms with Gasteiger partial charge in [0.05, 0.1) is 0 Å². The van der Waals surface area contributed by atoms with Gasteiger partial charge in [0.15, 0.2) is 0 Å². The normalized spacial score (nSPS) is 19.1. The molecular weight excluding hydrogens is 172 g/mol. The maximum Gasteiger partial charge on any atom is 0.123 e. The van der Waals surface area contributed by atoms with Crippen LogP contribution < -0.4 is 5.73 Å². The molecule has 14 heavy (non-hydrogen) atoms. The van der Waals surface area contributed by atoms with Crippen molar-refractivity contribution >= 4 is 5.82 Å². The molecule has 1 aromatic heterocycles. The highest BCUT2D eigenvalue weighted by molar-refractivity contribution is 5.33. The van der Waals surface area contributed by atoms with Crippen molar-refractivity contribution < 1.29 is 0 Å². The van der Waals surface area contributed by atoms with E-state index < -0.39 is 0 Å². The molecule has 0 aliphatic heterocycles. The highest BCUT2D eigenvalue weighted by Gasteiger charge is 2.14. The first-order chi connectivity index (χ1) is 6.86. The van der Waals surface area contributed by atoms with Crippen molar-refractivity contribution in [2.75, 3.05) is 5.73 Å². The van der Waals surface area contributed by atoms with Crippen molar-refractivity contribution in [2.45, 2.75) is 44.4 Å². The number of aromatic nitrogens is 1. The molecular formula is C12H18N2. The smallest absolute Gasteiger partial charge is 0.123 e. The van der Waals surface area contributed by atoms with Gasteiger partial charge in [0.2, 0.25) is 0 Å². The number of nitrogens with two attached hydrogens (primary N) is 1. The molecule has 2 N–H and O–H groups in total. The summed E-state index contributed by atoms with van der Waals surface area (Å²) in [4.78, 5) is 4.04. The van der Waals surface area contributed by atoms with Crippen LogP contribution in [0.2, 0.25) is 0 Å². The summed E-state index contributed by atoms with van der Waals surface area (Å²) in [6.07, 6.45) is 10.0. The van der Waals surface area contributed by atoms with Gasteiger partial charge in [-0.15, -0.1) is 0 Å². The van der Waals surface area contributed by atoms with E-state index in [1.54, 1.807) is 0 Å². The Morgan fingerprint density at radius 2 is 1.86 bits per heavy atom. The van der Waals surface area contributed by atoms with Crippen molar-refractivity contribution in [2.24, 2.45) is 0 Å². The van der Waals surface area contributed by atoms with Crippen LogP contribution in [0.3, 0.4) is 0 Å². The summed E-state index contributed by atoms with van der Waals surface area (Å²) in [7, 11) is 0. The first-order valence-electron chi connectivity index (χ1n) is 5.58. The molecule has 1 saturated carbocycles. The summed E-state index contributed by atoms with van der Waals surface area (Å²) >= 11 is 0. The van der Waals surface area contributed by atoms with Gasteiger partial charge < -0.3 is 5.73 Å². The highest BCUT2D eigenvalue weighted by Crippen LogP contribution is 2.31. The summed E-state index contributed by atoms with van der Waals surface area (Å²) in [5.41, 5.74) is 7.08. The Kier molecular flexibility index (Phi) is 3.02. The Balaban J connectivity index is 2.12. The number of pyridine rings is 1. The third kappa shape index (κ3) is 2.25. The lowest BCUT2D eigenvalue weighted by molar-refractivity contribution is 0.592. The Labute approximate surface area is 85.5 Å². The SMILES string of the molecule is Nc1cc(C2CCCCCC2)ccn1. The van der Waals surface area contributed by atoms with Crippen LogP contribution in [0.4, 0.5) is 5.82 Å². The maximum atomic E-state index is 5.69. The molecule has 1 aliphatic rings. The first kappa shape index (κ1) is 9.50. The van der Waals surface area contributed by atoms with Gasteiger partial charge in [-0.25, -0.2) is 4.98 Å². The largest absolute Gasteiger partial charge is 0.384 e. The number of hydrogen-bond acceptors (Lipinski definition) is 2. The molecule has 1 aliphatic carbocycles. The summed E-state index contributed by atoms with van der Waals surface area (Å²) in [6.45, 7) is 0. The fourth-order valence-electron chi connectivity index (χ4n) is 2.33. The topological polar surface area (TPSA) is 38.9 Å². The van der Waals surface area contributed by atoms with E-state index in [0.29, 0.717) is 5.82 Å². The predicted octanol–water partition coefficient (Wildman–Crippen LogP) is 3.10. The van der Waals surface area contributed by atoms with Crippen LogP contribution in [-0.4, -0.2) is 4.98 Å². The molecule has 0 radical (unpaired) electrons. The fraction of sp³-hybridized carbons (Fsp3) is 0.583. The molecule has 0 unspecified atom stereocenters. The Hall–Kier alpha value is -1.05. The molecule has 0 bridgehead atoms. The fourth-order valence-corrected chi connectivity index (χ4v) is 2.33. The second kappa shape index (κ2) is 4.45. The van der Waals surface area contributed by atoms with Crippen LogP contribution in [0.1, 0.15) is 50.0 Å². The van der Waals surface area contributed by atoms with Gasteiger partial charge >= 0.3 is 0 Å². The van der Waals surface area contributed by atoms with E-state index in [1.807, 2.05) is 12.3 Å². The molecule has 0 amide bonds. The van der Waals surface area contributed by atoms with Gasteiger partial charge in [-0.3, -0.25) is 0 Å². The van der Waals surface area contributed by atoms with E-state index in [2.05, 4.69) is 11.1 Å². The molecule has 76 valence electrons. The molecule has 1 heterocycles. The molecule has 0 spiro atoms. The van der Waals surface area contributed by atoms with E-state index in [1.165, 1.54) is 44.1 Å². The standard InChI is InChI=1S/C12H18N2/c13-12-9-11(7-8-14-12)10-5-3-1-2-4-6-10/h7-10H,1-6H2,(H2,13,14). The van der Waals surface area contributed by atoms with Crippen LogP contribution in [0, 0.1) is 0 Å². The lowest BCUT2D eigenvalue weighted by Crippen LogP contribution is -1.99. The minimum absolute atomic E-state index is 0.659. The third-order valence-electron chi connectivity index (χ3n) is 3.13. The number of anilines is 1. The van der Waals surface area contributed by atoms with Crippen molar-refractivity contribution in [1.29, 1.82) is 0 Å². The number of hydrogen-bond donors (Lipinski definition) is 1. The van der Waals surface area contributed by atoms with Crippen LogP contribution >= 0.6 is 0 Å². The molecule has 1 aromatic rings. The molecule has 2 nitrogen and oxygen atoms in total. The van der Waals surface area contributed by atoms with Gasteiger partial charge in [0.25, 0.3) is 0 Å². The Bertz CT molecular complexity index is 288. The minimum Gasteiger partial charge on any atom is -0.384 e. The quantitative estimate of drug-likeness (QED) is 0.691. The lowest BCUT2D eigenvalue weighted by Gasteiger charge is -2.14. The molecule has 0 aromatic carbocycles. The highest BCUT2D eigenvalue weighted by atomic mass is 14.8. The molecule has 0 atom stereocenters. The van der Waals surface area contributed by atoms with Crippen LogP contribution in [0.5, 0.6) is 0 Å². The van der Waals surface area contributed by atoms with E-state index in [-0.39, 0.29) is 0 Å². The van der Waals surface area contributed by atoms with E-state index >= 15 is 0 Å². The van der Waals surface area contributed by atoms with Gasteiger partial charge in [-0.2, -0.15) is 0 Å². The van der Waals surface area contributed by atoms with E-state index in [0.717, 1.165) is 5.92 Å². The Morgan fingerprint density at radius 3 is 2.50 bits per heavy atom. The van der Waals surface area contributed by atoms with Gasteiger partial charge in [0, 0.05) is 6.20 Å². The monoisotopic (exact) mass is 190 g/mol. The number of rotatable bonds is 1. The van der Waals surface area contributed by atoms with E-state index in [4.69, 9.17) is 5.73 Å². The van der Waals surface area contributed by atoms with Crippen molar-refractivity contribution in [1.82, 2.24) is 4.98 Å². The molecule has 0 saturated heterocycles. The van der Waals surface area contributed by atoms with Crippen LogP contribution in [0.15, 0.2) is 18.3 Å². The minimum atomic E-state index is 0.659. The average molecular weight is 190 g/mol. The summed E-state index contributed by atoms with van der Waals surface area (Å²) in [6, 6.07) is 4.16. The van der Waals surface area contributed by atoms with Crippen LogP contribution in [-0.2, 0) is 0 Å². The van der Waals surface area contributed by atoms with E-state index in [9.17, 15) is 0 Å². The zero-order valence-electron chi connectivity index (χ0n) is 8.58. The first-order valence-corrected chi connectivity index (χ1v) is 5.58. The number of nitrogens with zero attached hydrogens (tertiary/aromatic N) is 1. The molecule has 2 heteroatoms. The number of nitrogen functional groups attached to an aromatic ring is 1. The lowest BCUT2D eigenvalue weighted by atomic mass is 9.92. The second-order valence-electron chi connectivity index (χ2n) is 4.20. The van der Waals surface area contributed by atoms with Gasteiger partial charge in [-0.1, -0.05) is 25.7 Å². The molecule has 2 rings (SSSR count). The van der Waals surface area contributed by atoms with Gasteiger partial charge in [0.1, 0.15) is 5.82 Å². The second-order valence-corrected chi connectivity index (χ2v) is 4.20. The zero-order valence-corrected chi connectivity index (χ0v) is 8.58. The van der Waals surface area contributed by atoms with Crippen molar-refractivity contribution in [3.05, 3.63) is 23.9 Å². The van der Waals surface area contributed by atoms with Crippen molar-refractivity contribution in [3.63, 3.8) is 0 Å². The third-order valence-corrected chi connectivity index (χ3v) is 3.13. The van der Waals surface area contributed by atoms with Gasteiger partial charge in [-0.05, 0) is 36.5 Å². The van der Waals surface area contributed by atoms with Crippen LogP contribution in [0.25, 0.3) is 0 Å². The zero-order chi connectivity index (χ0) is 9.80. The summed E-state index contributed by atoms with van der Waals surface area (Å²) in [5, 5.41) is 0. The maximum absolute atomic E-state index is 5.69. The predicted molar refractivity (Wildman–Crippen MR) is 59.1 cm³/mol. The Morgan fingerprint density at radius 1 is 1.14 bits per heavy atom. The average Bonchev–Trinajstić information content (AvgIpc) is 2.45. The van der Waals surface area contributed by atoms with Crippen molar-refractivity contribution in [3.8, 4) is 0 Å². The summed E-state index contributed by atoms with van der Waals surface area (Å²) < 4.78 is 0.